The summed E-state index contributed by atoms with van der Waals surface area (Å²) in [4.78, 5) is 31.6. The fraction of sp³-hybridized carbons (Fsp3) is 0.333. The van der Waals surface area contributed by atoms with Crippen molar-refractivity contribution in [2.24, 2.45) is 0 Å². The number of benzene rings is 3. The molecule has 5 rings (SSSR count). The first-order chi connectivity index (χ1) is 17.1. The number of fused-ring (bicyclic) bond motifs is 1. The Hall–Kier alpha value is -3.28. The fourth-order valence-corrected chi connectivity index (χ4v) is 5.37. The van der Waals surface area contributed by atoms with Gasteiger partial charge < -0.3 is 9.80 Å². The summed E-state index contributed by atoms with van der Waals surface area (Å²) in [6.45, 7) is 7.71. The molecule has 0 unspecified atom stereocenters. The van der Waals surface area contributed by atoms with Crippen molar-refractivity contribution in [1.82, 2.24) is 9.80 Å². The summed E-state index contributed by atoms with van der Waals surface area (Å²) >= 11 is 0. The van der Waals surface area contributed by atoms with Crippen molar-refractivity contribution in [3.8, 4) is 0 Å². The number of nitrogens with zero attached hydrogens (tertiary/aromatic N) is 3. The van der Waals surface area contributed by atoms with Crippen LogP contribution < -0.4 is 4.90 Å². The Kier molecular flexibility index (Phi) is 7.07. The Morgan fingerprint density at radius 2 is 1.34 bits per heavy atom. The quantitative estimate of drug-likeness (QED) is 0.355. The van der Waals surface area contributed by atoms with Gasteiger partial charge >= 0.3 is 0 Å². The molecule has 180 valence electrons. The lowest BCUT2D eigenvalue weighted by Gasteiger charge is -2.40. The third-order valence-corrected chi connectivity index (χ3v) is 7.24. The van der Waals surface area contributed by atoms with Crippen LogP contribution in [0.4, 0.5) is 5.69 Å². The van der Waals surface area contributed by atoms with E-state index in [9.17, 15) is 9.59 Å². The molecule has 2 aliphatic heterocycles. The van der Waals surface area contributed by atoms with Crippen LogP contribution in [0.2, 0.25) is 0 Å². The summed E-state index contributed by atoms with van der Waals surface area (Å²) in [5.74, 6) is -0.752. The normalized spacial score (nSPS) is 16.8. The Morgan fingerprint density at radius 3 is 1.97 bits per heavy atom. The molecule has 1 amide bonds. The van der Waals surface area contributed by atoms with Gasteiger partial charge in [0.15, 0.2) is 0 Å². The highest BCUT2D eigenvalue weighted by atomic mass is 16.2. The number of ketones is 1. The van der Waals surface area contributed by atoms with Gasteiger partial charge in [-0.1, -0.05) is 72.3 Å². The highest BCUT2D eigenvalue weighted by Crippen LogP contribution is 2.31. The molecular formula is C30H33N3O2. The van der Waals surface area contributed by atoms with Crippen molar-refractivity contribution in [3.05, 3.63) is 101 Å². The average molecular weight is 468 g/mol. The molecule has 0 saturated carbocycles. The van der Waals surface area contributed by atoms with E-state index in [1.54, 1.807) is 4.90 Å². The number of anilines is 1. The first-order valence-corrected chi connectivity index (χ1v) is 12.6. The van der Waals surface area contributed by atoms with Gasteiger partial charge in [0.05, 0.1) is 17.3 Å². The van der Waals surface area contributed by atoms with Gasteiger partial charge in [-0.2, -0.15) is 0 Å². The molecule has 3 aromatic carbocycles. The first-order valence-electron chi connectivity index (χ1n) is 12.6. The van der Waals surface area contributed by atoms with Crippen molar-refractivity contribution in [1.29, 1.82) is 0 Å². The Balaban J connectivity index is 1.13. The lowest BCUT2D eigenvalue weighted by atomic mass is 9.96. The van der Waals surface area contributed by atoms with E-state index < -0.39 is 0 Å². The molecule has 5 nitrogen and oxygen atoms in total. The van der Waals surface area contributed by atoms with E-state index in [-0.39, 0.29) is 17.7 Å². The third kappa shape index (κ3) is 5.07. The van der Waals surface area contributed by atoms with Crippen LogP contribution >= 0.6 is 0 Å². The maximum Gasteiger partial charge on any atom is 0.299 e. The molecule has 0 aromatic heterocycles. The summed E-state index contributed by atoms with van der Waals surface area (Å²) < 4.78 is 0. The van der Waals surface area contributed by atoms with Gasteiger partial charge in [-0.05, 0) is 49.6 Å². The number of unbranched alkanes of at least 4 members (excludes halogenated alkanes) is 1. The van der Waals surface area contributed by atoms with E-state index in [4.69, 9.17) is 0 Å². The van der Waals surface area contributed by atoms with E-state index in [0.29, 0.717) is 12.1 Å². The largest absolute Gasteiger partial charge is 0.305 e. The second kappa shape index (κ2) is 10.5. The SMILES string of the molecule is Cc1ccc2c(c1)C(=O)C(=O)N2CCCCN1CCN(C(c2ccccc2)c2ccccc2)CC1. The van der Waals surface area contributed by atoms with E-state index in [2.05, 4.69) is 70.5 Å². The molecule has 0 radical (unpaired) electrons. The van der Waals surface area contributed by atoms with Crippen LogP contribution in [0.5, 0.6) is 0 Å². The second-order valence-electron chi connectivity index (χ2n) is 9.62. The van der Waals surface area contributed by atoms with Crippen LogP contribution in [0.15, 0.2) is 78.9 Å². The standard InChI is InChI=1S/C30H33N3O2/c1-23-14-15-27-26(22-23)29(34)30(35)33(27)17-9-8-16-31-18-20-32(21-19-31)28(24-10-4-2-5-11-24)25-12-6-3-7-13-25/h2-7,10-15,22,28H,8-9,16-21H2,1H3. The molecule has 0 bridgehead atoms. The number of piperazine rings is 1. The van der Waals surface area contributed by atoms with Crippen LogP contribution in [0.3, 0.4) is 0 Å². The van der Waals surface area contributed by atoms with Crippen LogP contribution in [-0.2, 0) is 4.79 Å². The fourth-order valence-electron chi connectivity index (χ4n) is 5.37. The predicted molar refractivity (Wildman–Crippen MR) is 140 cm³/mol. The predicted octanol–water partition coefficient (Wildman–Crippen LogP) is 4.71. The summed E-state index contributed by atoms with van der Waals surface area (Å²) in [5, 5.41) is 0. The molecule has 0 N–H and O–H groups in total. The molecule has 3 aromatic rings. The maximum absolute atomic E-state index is 12.5. The minimum absolute atomic E-state index is 0.280. The van der Waals surface area contributed by atoms with Crippen molar-refractivity contribution in [2.45, 2.75) is 25.8 Å². The Morgan fingerprint density at radius 1 is 0.743 bits per heavy atom. The van der Waals surface area contributed by atoms with Gasteiger partial charge in [-0.3, -0.25) is 14.5 Å². The molecular weight excluding hydrogens is 434 g/mol. The van der Waals surface area contributed by atoms with Gasteiger partial charge in [0.2, 0.25) is 0 Å². The van der Waals surface area contributed by atoms with Crippen molar-refractivity contribution < 1.29 is 9.59 Å². The Bertz CT molecular complexity index is 1130. The first kappa shape index (κ1) is 23.5. The monoisotopic (exact) mass is 467 g/mol. The summed E-state index contributed by atoms with van der Waals surface area (Å²) in [6.07, 6.45) is 1.91. The average Bonchev–Trinajstić information content (AvgIpc) is 3.13. The van der Waals surface area contributed by atoms with Crippen LogP contribution in [-0.4, -0.2) is 60.8 Å². The van der Waals surface area contributed by atoms with Crippen molar-refractivity contribution in [3.63, 3.8) is 0 Å². The number of hydrogen-bond acceptors (Lipinski definition) is 4. The van der Waals surface area contributed by atoms with E-state index in [1.165, 1.54) is 11.1 Å². The molecule has 5 heteroatoms. The Labute approximate surface area is 208 Å². The van der Waals surface area contributed by atoms with Gasteiger partial charge in [0, 0.05) is 32.7 Å². The zero-order valence-corrected chi connectivity index (χ0v) is 20.4. The summed E-state index contributed by atoms with van der Waals surface area (Å²) in [6, 6.07) is 27.6. The molecule has 0 atom stereocenters. The lowest BCUT2D eigenvalue weighted by Crippen LogP contribution is -2.48. The molecule has 35 heavy (non-hydrogen) atoms. The van der Waals surface area contributed by atoms with Crippen molar-refractivity contribution in [2.75, 3.05) is 44.2 Å². The zero-order valence-electron chi connectivity index (χ0n) is 20.4. The number of aryl methyl sites for hydroxylation is 1. The highest BCUT2D eigenvalue weighted by molar-refractivity contribution is 6.52. The molecule has 2 aliphatic rings. The smallest absolute Gasteiger partial charge is 0.299 e. The minimum Gasteiger partial charge on any atom is -0.305 e. The van der Waals surface area contributed by atoms with Crippen LogP contribution in [0, 0.1) is 6.92 Å². The molecule has 2 heterocycles. The van der Waals surface area contributed by atoms with E-state index in [1.807, 2.05) is 25.1 Å². The molecule has 0 aliphatic carbocycles. The van der Waals surface area contributed by atoms with Gasteiger partial charge in [0.1, 0.15) is 0 Å². The highest BCUT2D eigenvalue weighted by Gasteiger charge is 2.35. The number of carbonyl (C=O) groups is 2. The van der Waals surface area contributed by atoms with Crippen LogP contribution in [0.1, 0.15) is 45.9 Å². The van der Waals surface area contributed by atoms with Gasteiger partial charge in [-0.25, -0.2) is 0 Å². The number of hydrogen-bond donors (Lipinski definition) is 0. The third-order valence-electron chi connectivity index (χ3n) is 7.24. The molecule has 1 saturated heterocycles. The van der Waals surface area contributed by atoms with Crippen molar-refractivity contribution >= 4 is 17.4 Å². The molecule has 1 fully saturated rings. The van der Waals surface area contributed by atoms with E-state index in [0.717, 1.165) is 56.8 Å². The number of Topliss-reactive ketones (excluding diaryl/α,β-unsaturated/α-hetero) is 1. The second-order valence-corrected chi connectivity index (χ2v) is 9.62. The minimum atomic E-state index is -0.382. The van der Waals surface area contributed by atoms with E-state index >= 15 is 0 Å². The summed E-state index contributed by atoms with van der Waals surface area (Å²) in [7, 11) is 0. The van der Waals surface area contributed by atoms with Gasteiger partial charge in [-0.15, -0.1) is 0 Å². The number of rotatable bonds is 8. The number of carbonyl (C=O) groups excluding carboxylic acids is 2. The lowest BCUT2D eigenvalue weighted by molar-refractivity contribution is -0.114. The topological polar surface area (TPSA) is 43.9 Å². The number of amides is 1. The zero-order chi connectivity index (χ0) is 24.2. The molecule has 0 spiro atoms. The maximum atomic E-state index is 12.5. The summed E-state index contributed by atoms with van der Waals surface area (Å²) in [5.41, 5.74) is 5.01. The van der Waals surface area contributed by atoms with Gasteiger partial charge in [0.25, 0.3) is 11.7 Å². The van der Waals surface area contributed by atoms with Crippen LogP contribution in [0.25, 0.3) is 0 Å².